The van der Waals surface area contributed by atoms with Crippen LogP contribution in [0.15, 0.2) is 36.4 Å². The van der Waals surface area contributed by atoms with Crippen molar-refractivity contribution in [1.82, 2.24) is 24.6 Å². The molecule has 1 aromatic carbocycles. The molecule has 0 bridgehead atoms. The second-order valence-electron chi connectivity index (χ2n) is 11.4. The summed E-state index contributed by atoms with van der Waals surface area (Å²) in [6, 6.07) is 10.7. The van der Waals surface area contributed by atoms with E-state index in [0.717, 1.165) is 48.8 Å². The number of halogens is 4. The van der Waals surface area contributed by atoms with E-state index >= 15 is 0 Å². The van der Waals surface area contributed by atoms with E-state index in [1.54, 1.807) is 6.07 Å². The molecular weight excluding hydrogens is 489 g/mol. The molecule has 2 aliphatic heterocycles. The standard InChI is InChI=1S/C26H26ClF3N6/c1-24(12-26(29,30)13-24)35-10-16-7-18(27)5-6-19(16)36-22(11-35)32-33-23(36)17-8-25(9-17)14-34(15-25)21-4-2-3-20(28)31-21/h2-7,17H,8-15H2,1H3. The predicted molar refractivity (Wildman–Crippen MR) is 129 cm³/mol. The quantitative estimate of drug-likeness (QED) is 0.441. The molecule has 0 amide bonds. The van der Waals surface area contributed by atoms with Crippen LogP contribution in [0.1, 0.15) is 55.7 Å². The normalized spacial score (nSPS) is 23.8. The molecule has 3 aromatic rings. The molecule has 0 atom stereocenters. The molecule has 7 rings (SSSR count). The second-order valence-corrected chi connectivity index (χ2v) is 11.9. The number of anilines is 1. The Balaban J connectivity index is 1.15. The highest BCUT2D eigenvalue weighted by atomic mass is 35.5. The summed E-state index contributed by atoms with van der Waals surface area (Å²) < 4.78 is 43.4. The van der Waals surface area contributed by atoms with Gasteiger partial charge in [-0.1, -0.05) is 17.7 Å². The molecule has 3 fully saturated rings. The van der Waals surface area contributed by atoms with E-state index < -0.39 is 17.4 Å². The third kappa shape index (κ3) is 3.46. The highest BCUT2D eigenvalue weighted by Crippen LogP contribution is 2.57. The Bertz CT molecular complexity index is 1350. The summed E-state index contributed by atoms with van der Waals surface area (Å²) in [5.74, 6) is -0.433. The van der Waals surface area contributed by atoms with Gasteiger partial charge in [0.1, 0.15) is 11.6 Å². The van der Waals surface area contributed by atoms with Crippen LogP contribution >= 0.6 is 11.6 Å². The second kappa shape index (κ2) is 7.44. The maximum atomic E-state index is 13.9. The number of alkyl halides is 2. The van der Waals surface area contributed by atoms with Crippen LogP contribution in [0.25, 0.3) is 5.69 Å². The Morgan fingerprint density at radius 2 is 1.81 bits per heavy atom. The molecule has 1 saturated heterocycles. The fraction of sp³-hybridized carbons (Fsp3) is 0.500. The number of aromatic nitrogens is 4. The van der Waals surface area contributed by atoms with Crippen molar-refractivity contribution in [3.05, 3.63) is 64.6 Å². The Morgan fingerprint density at radius 3 is 2.53 bits per heavy atom. The minimum Gasteiger partial charge on any atom is -0.355 e. The van der Waals surface area contributed by atoms with Crippen molar-refractivity contribution >= 4 is 17.4 Å². The minimum atomic E-state index is -2.62. The average molecular weight is 515 g/mol. The molecule has 36 heavy (non-hydrogen) atoms. The number of rotatable bonds is 3. The zero-order chi connectivity index (χ0) is 24.9. The number of hydrogen-bond donors (Lipinski definition) is 0. The molecular formula is C26H26ClF3N6. The third-order valence-electron chi connectivity index (χ3n) is 8.57. The molecule has 188 valence electrons. The first-order valence-corrected chi connectivity index (χ1v) is 12.7. The van der Waals surface area contributed by atoms with Gasteiger partial charge in [0.25, 0.3) is 5.92 Å². The van der Waals surface area contributed by atoms with Crippen molar-refractivity contribution < 1.29 is 13.2 Å². The molecule has 4 heterocycles. The van der Waals surface area contributed by atoms with Crippen molar-refractivity contribution in [3.63, 3.8) is 0 Å². The van der Waals surface area contributed by atoms with E-state index in [9.17, 15) is 13.2 Å². The summed E-state index contributed by atoms with van der Waals surface area (Å²) in [5.41, 5.74) is 1.58. The molecule has 0 unspecified atom stereocenters. The van der Waals surface area contributed by atoms with Crippen molar-refractivity contribution in [3.8, 4) is 5.69 Å². The van der Waals surface area contributed by atoms with Gasteiger partial charge in [-0.25, -0.2) is 13.8 Å². The van der Waals surface area contributed by atoms with Crippen molar-refractivity contribution in [2.24, 2.45) is 5.41 Å². The number of nitrogens with zero attached hydrogens (tertiary/aromatic N) is 6. The first kappa shape index (κ1) is 22.5. The lowest BCUT2D eigenvalue weighted by Crippen LogP contribution is -2.62. The minimum absolute atomic E-state index is 0.154. The Morgan fingerprint density at radius 1 is 1.03 bits per heavy atom. The molecule has 2 saturated carbocycles. The molecule has 4 aliphatic rings. The van der Waals surface area contributed by atoms with E-state index in [0.29, 0.717) is 23.9 Å². The van der Waals surface area contributed by atoms with E-state index in [-0.39, 0.29) is 24.2 Å². The van der Waals surface area contributed by atoms with Crippen LogP contribution in [-0.2, 0) is 13.1 Å². The monoisotopic (exact) mass is 514 g/mol. The molecule has 1 spiro atoms. The molecule has 2 aliphatic carbocycles. The maximum absolute atomic E-state index is 13.9. The molecule has 2 aromatic heterocycles. The number of benzene rings is 1. The summed E-state index contributed by atoms with van der Waals surface area (Å²) in [4.78, 5) is 8.23. The smallest absolute Gasteiger partial charge is 0.251 e. The molecule has 6 nitrogen and oxygen atoms in total. The van der Waals surface area contributed by atoms with Crippen molar-refractivity contribution in [1.29, 1.82) is 0 Å². The lowest BCUT2D eigenvalue weighted by Gasteiger charge is -2.59. The van der Waals surface area contributed by atoms with Crippen molar-refractivity contribution in [2.45, 2.75) is 63.1 Å². The lowest BCUT2D eigenvalue weighted by molar-refractivity contribution is -0.173. The predicted octanol–water partition coefficient (Wildman–Crippen LogP) is 5.34. The van der Waals surface area contributed by atoms with Gasteiger partial charge in [0.2, 0.25) is 5.95 Å². The van der Waals surface area contributed by atoms with E-state index in [4.69, 9.17) is 11.6 Å². The van der Waals surface area contributed by atoms with Crippen LogP contribution in [0, 0.1) is 11.4 Å². The van der Waals surface area contributed by atoms with Gasteiger partial charge in [-0.05, 0) is 55.7 Å². The van der Waals surface area contributed by atoms with Gasteiger partial charge >= 0.3 is 0 Å². The van der Waals surface area contributed by atoms with E-state index in [1.165, 1.54) is 6.07 Å². The van der Waals surface area contributed by atoms with Gasteiger partial charge < -0.3 is 4.90 Å². The SMILES string of the molecule is CC1(N2Cc3cc(Cl)ccc3-n3c(nnc3C3CC4(C3)CN(c3cccc(F)n3)C4)C2)CC(F)(F)C1. The van der Waals surface area contributed by atoms with Crippen LogP contribution in [0.3, 0.4) is 0 Å². The largest absolute Gasteiger partial charge is 0.355 e. The topological polar surface area (TPSA) is 50.1 Å². The summed E-state index contributed by atoms with van der Waals surface area (Å²) in [5, 5.41) is 9.79. The van der Waals surface area contributed by atoms with Gasteiger partial charge in [-0.15, -0.1) is 10.2 Å². The molecule has 10 heteroatoms. The Labute approximate surface area is 212 Å². The fourth-order valence-electron chi connectivity index (χ4n) is 6.88. The first-order chi connectivity index (χ1) is 17.1. The van der Waals surface area contributed by atoms with Crippen LogP contribution in [0.5, 0.6) is 0 Å². The van der Waals surface area contributed by atoms with Crippen LogP contribution in [0.4, 0.5) is 19.0 Å². The first-order valence-electron chi connectivity index (χ1n) is 12.4. The lowest BCUT2D eigenvalue weighted by atomic mass is 9.57. The summed E-state index contributed by atoms with van der Waals surface area (Å²) in [6.45, 7) is 4.62. The van der Waals surface area contributed by atoms with Crippen LogP contribution in [-0.4, -0.2) is 49.2 Å². The van der Waals surface area contributed by atoms with Gasteiger partial charge in [-0.2, -0.15) is 4.39 Å². The van der Waals surface area contributed by atoms with Crippen LogP contribution < -0.4 is 4.90 Å². The Kier molecular flexibility index (Phi) is 4.66. The number of fused-ring (bicyclic) bond motifs is 3. The number of pyridine rings is 1. The van der Waals surface area contributed by atoms with Gasteiger partial charge in [0.15, 0.2) is 5.82 Å². The summed E-state index contributed by atoms with van der Waals surface area (Å²) >= 11 is 6.35. The van der Waals surface area contributed by atoms with E-state index in [1.807, 2.05) is 31.2 Å². The summed E-state index contributed by atoms with van der Waals surface area (Å²) in [6.07, 6.45) is 1.65. The van der Waals surface area contributed by atoms with Gasteiger partial charge in [-0.3, -0.25) is 9.47 Å². The van der Waals surface area contributed by atoms with Crippen molar-refractivity contribution in [2.75, 3.05) is 18.0 Å². The third-order valence-corrected chi connectivity index (χ3v) is 8.81. The summed E-state index contributed by atoms with van der Waals surface area (Å²) in [7, 11) is 0. The molecule has 0 radical (unpaired) electrons. The van der Waals surface area contributed by atoms with E-state index in [2.05, 4.69) is 29.5 Å². The zero-order valence-corrected chi connectivity index (χ0v) is 20.6. The van der Waals surface area contributed by atoms with Gasteiger partial charge in [0.05, 0.1) is 12.2 Å². The zero-order valence-electron chi connectivity index (χ0n) is 19.9. The Hall–Kier alpha value is -2.65. The van der Waals surface area contributed by atoms with Gasteiger partial charge in [0, 0.05) is 54.4 Å². The molecule has 0 N–H and O–H groups in total. The highest BCUT2D eigenvalue weighted by Gasteiger charge is 2.57. The van der Waals surface area contributed by atoms with Crippen LogP contribution in [0.2, 0.25) is 5.02 Å². The number of hydrogen-bond acceptors (Lipinski definition) is 5. The average Bonchev–Trinajstić information content (AvgIpc) is 3.05. The fourth-order valence-corrected chi connectivity index (χ4v) is 7.08. The maximum Gasteiger partial charge on any atom is 0.251 e. The highest BCUT2D eigenvalue weighted by molar-refractivity contribution is 6.30.